The van der Waals surface area contributed by atoms with Crippen LogP contribution >= 0.6 is 0 Å². The molecule has 3 aromatic carbocycles. The fourth-order valence-electron chi connectivity index (χ4n) is 4.33. The molecule has 0 fully saturated rings. The number of aromatic nitrogens is 1. The van der Waals surface area contributed by atoms with Gasteiger partial charge in [0.15, 0.2) is 6.10 Å². The van der Waals surface area contributed by atoms with Crippen molar-refractivity contribution < 1.29 is 23.0 Å². The van der Waals surface area contributed by atoms with Gasteiger partial charge in [0.2, 0.25) is 0 Å². The van der Waals surface area contributed by atoms with Crippen molar-refractivity contribution in [3.8, 4) is 11.3 Å². The molecule has 0 amide bonds. The molecule has 1 aromatic heterocycles. The van der Waals surface area contributed by atoms with Crippen LogP contribution in [0.3, 0.4) is 0 Å². The first kappa shape index (κ1) is 22.1. The Morgan fingerprint density at radius 2 is 1.56 bits per heavy atom. The topological polar surface area (TPSA) is 34.4 Å². The van der Waals surface area contributed by atoms with Gasteiger partial charge in [0.25, 0.3) is 0 Å². The van der Waals surface area contributed by atoms with Crippen molar-refractivity contribution in [2.45, 2.75) is 31.9 Å². The molecule has 0 spiro atoms. The van der Waals surface area contributed by atoms with Crippen molar-refractivity contribution in [2.24, 2.45) is 0 Å². The van der Waals surface area contributed by atoms with Crippen LogP contribution in [0.1, 0.15) is 22.6 Å². The fraction of sp³-hybridized carbons (Fsp3) is 0.231. The van der Waals surface area contributed by atoms with Crippen molar-refractivity contribution in [1.82, 2.24) is 4.57 Å². The molecule has 0 radical (unpaired) electrons. The average molecular weight is 439 g/mol. The number of hydrogen-bond acceptors (Lipinski definition) is 2. The standard InChI is InChI=1S/C26H24F3NO2/c1-17-13-14-20-21(15-17)30(16-32-2)24(19-11-7-4-8-12-19)23(20)22(25(31)26(27,28)29)18-9-5-3-6-10-18/h3-15,22,25,31H,16H2,1-2H3. The van der Waals surface area contributed by atoms with Gasteiger partial charge in [-0.1, -0.05) is 72.8 Å². The predicted octanol–water partition coefficient (Wildman–Crippen LogP) is 6.28. The van der Waals surface area contributed by atoms with Gasteiger partial charge in [-0.15, -0.1) is 0 Å². The molecule has 32 heavy (non-hydrogen) atoms. The molecule has 2 atom stereocenters. The van der Waals surface area contributed by atoms with Gasteiger partial charge in [-0.25, -0.2) is 0 Å². The quantitative estimate of drug-likeness (QED) is 0.384. The predicted molar refractivity (Wildman–Crippen MR) is 119 cm³/mol. The minimum atomic E-state index is -4.80. The van der Waals surface area contributed by atoms with Gasteiger partial charge in [0, 0.05) is 18.4 Å². The molecule has 1 heterocycles. The highest BCUT2D eigenvalue weighted by atomic mass is 19.4. The molecule has 2 unspecified atom stereocenters. The summed E-state index contributed by atoms with van der Waals surface area (Å²) >= 11 is 0. The Morgan fingerprint density at radius 3 is 2.16 bits per heavy atom. The number of fused-ring (bicyclic) bond motifs is 1. The summed E-state index contributed by atoms with van der Waals surface area (Å²) in [6.07, 6.45) is -7.37. The molecule has 6 heteroatoms. The smallest absolute Gasteiger partial charge is 0.383 e. The number of ether oxygens (including phenoxy) is 1. The van der Waals surface area contributed by atoms with E-state index in [1.54, 1.807) is 37.4 Å². The maximum atomic E-state index is 13.9. The fourth-order valence-corrected chi connectivity index (χ4v) is 4.33. The van der Waals surface area contributed by atoms with Gasteiger partial charge in [0.05, 0.1) is 11.2 Å². The number of nitrogens with zero attached hydrogens (tertiary/aromatic N) is 1. The number of rotatable bonds is 6. The summed E-state index contributed by atoms with van der Waals surface area (Å²) in [5.41, 5.74) is 3.92. The maximum absolute atomic E-state index is 13.9. The third-order valence-electron chi connectivity index (χ3n) is 5.69. The highest BCUT2D eigenvalue weighted by Crippen LogP contribution is 2.45. The summed E-state index contributed by atoms with van der Waals surface area (Å²) < 4.78 is 49.2. The van der Waals surface area contributed by atoms with Crippen LogP contribution in [0.25, 0.3) is 22.2 Å². The number of aliphatic hydroxyl groups excluding tert-OH is 1. The molecule has 0 aliphatic carbocycles. The van der Waals surface area contributed by atoms with E-state index in [9.17, 15) is 18.3 Å². The molecule has 0 bridgehead atoms. The Balaban J connectivity index is 2.13. The summed E-state index contributed by atoms with van der Waals surface area (Å²) in [6, 6.07) is 23.3. The van der Waals surface area contributed by atoms with Crippen molar-refractivity contribution >= 4 is 10.9 Å². The van der Waals surface area contributed by atoms with Gasteiger partial charge in [0.1, 0.15) is 6.73 Å². The lowest BCUT2D eigenvalue weighted by molar-refractivity contribution is -0.207. The Hall–Kier alpha value is -3.09. The number of aliphatic hydroxyl groups is 1. The van der Waals surface area contributed by atoms with Crippen molar-refractivity contribution in [1.29, 1.82) is 0 Å². The highest BCUT2D eigenvalue weighted by Gasteiger charge is 2.46. The van der Waals surface area contributed by atoms with E-state index >= 15 is 0 Å². The normalized spacial score (nSPS) is 13.9. The van der Waals surface area contributed by atoms with Gasteiger partial charge < -0.3 is 14.4 Å². The molecule has 0 saturated carbocycles. The van der Waals surface area contributed by atoms with Gasteiger partial charge in [-0.2, -0.15) is 13.2 Å². The van der Waals surface area contributed by atoms with Crippen LogP contribution in [0.2, 0.25) is 0 Å². The lowest BCUT2D eigenvalue weighted by Gasteiger charge is -2.27. The molecule has 0 aliphatic heterocycles. The van der Waals surface area contributed by atoms with Gasteiger partial charge >= 0.3 is 6.18 Å². The Morgan fingerprint density at radius 1 is 0.938 bits per heavy atom. The lowest BCUT2D eigenvalue weighted by atomic mass is 9.83. The van der Waals surface area contributed by atoms with Crippen LogP contribution in [0.4, 0.5) is 13.2 Å². The molecule has 166 valence electrons. The molecule has 0 saturated heterocycles. The van der Waals surface area contributed by atoms with Crippen molar-refractivity contribution in [3.63, 3.8) is 0 Å². The van der Waals surface area contributed by atoms with Crippen molar-refractivity contribution in [3.05, 3.63) is 95.6 Å². The zero-order chi connectivity index (χ0) is 22.9. The van der Waals surface area contributed by atoms with Gasteiger partial charge in [-0.3, -0.25) is 0 Å². The monoisotopic (exact) mass is 439 g/mol. The minimum Gasteiger partial charge on any atom is -0.383 e. The second-order valence-electron chi connectivity index (χ2n) is 7.87. The maximum Gasteiger partial charge on any atom is 0.415 e. The lowest BCUT2D eigenvalue weighted by Crippen LogP contribution is -2.35. The molecular formula is C26H24F3NO2. The third kappa shape index (κ3) is 4.04. The summed E-state index contributed by atoms with van der Waals surface area (Å²) in [7, 11) is 1.55. The van der Waals surface area contributed by atoms with E-state index in [-0.39, 0.29) is 6.73 Å². The summed E-state index contributed by atoms with van der Waals surface area (Å²) in [5, 5.41) is 11.3. The van der Waals surface area contributed by atoms with Crippen molar-refractivity contribution in [2.75, 3.05) is 7.11 Å². The van der Waals surface area contributed by atoms with Crippen LogP contribution in [-0.4, -0.2) is 29.1 Å². The largest absolute Gasteiger partial charge is 0.415 e. The molecule has 4 rings (SSSR count). The van der Waals surface area contributed by atoms with E-state index < -0.39 is 18.2 Å². The number of hydrogen-bond donors (Lipinski definition) is 1. The molecule has 4 aromatic rings. The first-order valence-corrected chi connectivity index (χ1v) is 10.3. The van der Waals surface area contributed by atoms with E-state index in [1.807, 2.05) is 60.0 Å². The van der Waals surface area contributed by atoms with Gasteiger partial charge in [-0.05, 0) is 35.2 Å². The third-order valence-corrected chi connectivity index (χ3v) is 5.69. The minimum absolute atomic E-state index is 0.161. The summed E-state index contributed by atoms with van der Waals surface area (Å²) in [5.74, 6) is -1.31. The summed E-state index contributed by atoms with van der Waals surface area (Å²) in [6.45, 7) is 2.10. The molecule has 3 nitrogen and oxygen atoms in total. The summed E-state index contributed by atoms with van der Waals surface area (Å²) in [4.78, 5) is 0. The number of halogens is 3. The molecule has 1 N–H and O–H groups in total. The van der Waals surface area contributed by atoms with Crippen LogP contribution in [0.5, 0.6) is 0 Å². The molecule has 0 aliphatic rings. The number of alkyl halides is 3. The second kappa shape index (κ2) is 8.81. The first-order valence-electron chi connectivity index (χ1n) is 10.3. The Bertz CT molecular complexity index is 1200. The SMILES string of the molecule is COCn1c(-c2ccccc2)c(C(c2ccccc2)C(O)C(F)(F)F)c2ccc(C)cc21. The average Bonchev–Trinajstić information content (AvgIpc) is 3.08. The first-order chi connectivity index (χ1) is 15.3. The zero-order valence-electron chi connectivity index (χ0n) is 17.8. The van der Waals surface area contributed by atoms with E-state index in [4.69, 9.17) is 4.74 Å². The Kier molecular flexibility index (Phi) is 6.09. The van der Waals surface area contributed by atoms with E-state index in [1.165, 1.54) is 0 Å². The highest BCUT2D eigenvalue weighted by molar-refractivity contribution is 5.93. The number of methoxy groups -OCH3 is 1. The van der Waals surface area contributed by atoms with E-state index in [2.05, 4.69) is 0 Å². The van der Waals surface area contributed by atoms with E-state index in [0.717, 1.165) is 16.6 Å². The van der Waals surface area contributed by atoms with Crippen LogP contribution in [-0.2, 0) is 11.5 Å². The van der Waals surface area contributed by atoms with Crippen LogP contribution < -0.4 is 0 Å². The second-order valence-corrected chi connectivity index (χ2v) is 7.87. The van der Waals surface area contributed by atoms with Crippen LogP contribution in [0, 0.1) is 6.92 Å². The molecular weight excluding hydrogens is 415 g/mol. The number of benzene rings is 3. The van der Waals surface area contributed by atoms with Crippen LogP contribution in [0.15, 0.2) is 78.9 Å². The number of aryl methyl sites for hydroxylation is 1. The zero-order valence-corrected chi connectivity index (χ0v) is 17.8. The van der Waals surface area contributed by atoms with E-state index in [0.29, 0.717) is 22.2 Å². The Labute approximate surface area is 184 Å².